The summed E-state index contributed by atoms with van der Waals surface area (Å²) in [6, 6.07) is 5.01. The molecule has 0 aliphatic carbocycles. The third kappa shape index (κ3) is 4.35. The lowest BCUT2D eigenvalue weighted by Gasteiger charge is -2.32. The molecule has 1 aromatic heterocycles. The molecule has 0 bridgehead atoms. The highest BCUT2D eigenvalue weighted by Gasteiger charge is 2.14. The summed E-state index contributed by atoms with van der Waals surface area (Å²) in [6.07, 6.45) is 0. The normalized spacial score (nSPS) is 17.8. The minimum Gasteiger partial charge on any atom is -0.314 e. The van der Waals surface area contributed by atoms with Crippen molar-refractivity contribution >= 4 is 11.3 Å². The third-order valence-electron chi connectivity index (χ3n) is 3.58. The molecule has 0 amide bonds. The lowest BCUT2D eigenvalue weighted by molar-refractivity contribution is 0.160. The molecule has 1 aromatic rings. The summed E-state index contributed by atoms with van der Waals surface area (Å²) in [5, 5.41) is 5.58. The van der Waals surface area contributed by atoms with Gasteiger partial charge in [0.05, 0.1) is 0 Å². The van der Waals surface area contributed by atoms with Crippen LogP contribution in [0.1, 0.15) is 18.7 Å². The van der Waals surface area contributed by atoms with Crippen molar-refractivity contribution in [2.24, 2.45) is 0 Å². The van der Waals surface area contributed by atoms with Gasteiger partial charge in [0, 0.05) is 56.7 Å². The highest BCUT2D eigenvalue weighted by molar-refractivity contribution is 7.09. The van der Waals surface area contributed by atoms with E-state index in [1.165, 1.54) is 31.1 Å². The first-order chi connectivity index (χ1) is 8.75. The Morgan fingerprint density at radius 2 is 2.17 bits per heavy atom. The van der Waals surface area contributed by atoms with Gasteiger partial charge in [0.2, 0.25) is 0 Å². The van der Waals surface area contributed by atoms with Gasteiger partial charge < -0.3 is 5.32 Å². The van der Waals surface area contributed by atoms with Crippen molar-refractivity contribution in [3.63, 3.8) is 0 Å². The zero-order valence-corrected chi connectivity index (χ0v) is 12.4. The van der Waals surface area contributed by atoms with Crippen molar-refractivity contribution in [2.75, 3.05) is 39.3 Å². The Morgan fingerprint density at radius 3 is 2.78 bits per heavy atom. The van der Waals surface area contributed by atoms with Crippen molar-refractivity contribution < 1.29 is 0 Å². The number of hydrogen-bond donors (Lipinski definition) is 1. The van der Waals surface area contributed by atoms with Crippen molar-refractivity contribution in [3.05, 3.63) is 22.4 Å². The summed E-state index contributed by atoms with van der Waals surface area (Å²) >= 11 is 1.86. The fourth-order valence-electron chi connectivity index (χ4n) is 2.33. The van der Waals surface area contributed by atoms with Crippen molar-refractivity contribution in [1.29, 1.82) is 0 Å². The Hall–Kier alpha value is -0.420. The van der Waals surface area contributed by atoms with E-state index in [4.69, 9.17) is 0 Å². The van der Waals surface area contributed by atoms with Gasteiger partial charge in [0.1, 0.15) is 0 Å². The molecule has 0 unspecified atom stereocenters. The first kappa shape index (κ1) is 14.0. The molecule has 18 heavy (non-hydrogen) atoms. The van der Waals surface area contributed by atoms with Crippen LogP contribution in [0.3, 0.4) is 0 Å². The van der Waals surface area contributed by atoms with Crippen LogP contribution in [0.15, 0.2) is 17.5 Å². The average Bonchev–Trinajstić information content (AvgIpc) is 2.88. The highest BCUT2D eigenvalue weighted by atomic mass is 32.1. The van der Waals surface area contributed by atoms with E-state index < -0.39 is 0 Å². The lowest BCUT2D eigenvalue weighted by atomic mass is 10.2. The van der Waals surface area contributed by atoms with Crippen molar-refractivity contribution in [3.8, 4) is 0 Å². The van der Waals surface area contributed by atoms with Crippen LogP contribution in [0.2, 0.25) is 0 Å². The molecule has 102 valence electrons. The fraction of sp³-hybridized carbons (Fsp3) is 0.714. The van der Waals surface area contributed by atoms with Gasteiger partial charge in [-0.25, -0.2) is 0 Å². The molecule has 1 fully saturated rings. The minimum absolute atomic E-state index is 0.620. The van der Waals surface area contributed by atoms with Crippen LogP contribution in [0.4, 0.5) is 0 Å². The van der Waals surface area contributed by atoms with E-state index in [1.807, 2.05) is 11.3 Å². The van der Waals surface area contributed by atoms with Crippen LogP contribution in [0.5, 0.6) is 0 Å². The van der Waals surface area contributed by atoms with Crippen molar-refractivity contribution in [2.45, 2.75) is 26.4 Å². The van der Waals surface area contributed by atoms with Crippen LogP contribution in [-0.4, -0.2) is 55.1 Å². The Bertz CT molecular complexity index is 318. The molecule has 1 aliphatic heterocycles. The SMILES string of the molecule is CC(C)N(CCN1CCNCC1)Cc1cccs1. The maximum atomic E-state index is 3.41. The van der Waals surface area contributed by atoms with E-state index in [-0.39, 0.29) is 0 Å². The number of nitrogens with one attached hydrogen (secondary N) is 1. The number of nitrogens with zero attached hydrogens (tertiary/aromatic N) is 2. The summed E-state index contributed by atoms with van der Waals surface area (Å²) in [5.41, 5.74) is 0. The van der Waals surface area contributed by atoms with Crippen LogP contribution >= 0.6 is 11.3 Å². The van der Waals surface area contributed by atoms with Crippen LogP contribution in [0, 0.1) is 0 Å². The van der Waals surface area contributed by atoms with Gasteiger partial charge in [-0.3, -0.25) is 9.80 Å². The number of piperazine rings is 1. The molecule has 0 spiro atoms. The summed E-state index contributed by atoms with van der Waals surface area (Å²) in [7, 11) is 0. The maximum absolute atomic E-state index is 3.41. The van der Waals surface area contributed by atoms with E-state index in [0.29, 0.717) is 6.04 Å². The van der Waals surface area contributed by atoms with E-state index in [9.17, 15) is 0 Å². The van der Waals surface area contributed by atoms with Crippen LogP contribution < -0.4 is 5.32 Å². The topological polar surface area (TPSA) is 18.5 Å². The largest absolute Gasteiger partial charge is 0.314 e. The quantitative estimate of drug-likeness (QED) is 0.849. The molecule has 4 heteroatoms. The molecular formula is C14H25N3S. The van der Waals surface area contributed by atoms with E-state index in [2.05, 4.69) is 46.5 Å². The van der Waals surface area contributed by atoms with Gasteiger partial charge in [0.25, 0.3) is 0 Å². The number of hydrogen-bond acceptors (Lipinski definition) is 4. The van der Waals surface area contributed by atoms with E-state index in [1.54, 1.807) is 0 Å². The second-order valence-electron chi connectivity index (χ2n) is 5.24. The van der Waals surface area contributed by atoms with Gasteiger partial charge >= 0.3 is 0 Å². The summed E-state index contributed by atoms with van der Waals surface area (Å²) in [6.45, 7) is 12.8. The Kier molecular flexibility index (Phi) is 5.63. The second-order valence-corrected chi connectivity index (χ2v) is 6.27. The number of rotatable bonds is 6. The fourth-order valence-corrected chi connectivity index (χ4v) is 3.06. The molecule has 0 atom stereocenters. The maximum Gasteiger partial charge on any atom is 0.0331 e. The molecule has 0 aromatic carbocycles. The molecule has 1 N–H and O–H groups in total. The summed E-state index contributed by atoms with van der Waals surface area (Å²) in [4.78, 5) is 6.62. The second kappa shape index (κ2) is 7.24. The third-order valence-corrected chi connectivity index (χ3v) is 4.44. The predicted octanol–water partition coefficient (Wildman–Crippen LogP) is 1.86. The van der Waals surface area contributed by atoms with Crippen molar-refractivity contribution in [1.82, 2.24) is 15.1 Å². The predicted molar refractivity (Wildman–Crippen MR) is 79.2 cm³/mol. The van der Waals surface area contributed by atoms with E-state index >= 15 is 0 Å². The molecule has 0 radical (unpaired) electrons. The Labute approximate surface area is 115 Å². The Balaban J connectivity index is 1.78. The van der Waals surface area contributed by atoms with Gasteiger partial charge in [-0.1, -0.05) is 6.07 Å². The summed E-state index contributed by atoms with van der Waals surface area (Å²) in [5.74, 6) is 0. The first-order valence-electron chi connectivity index (χ1n) is 6.95. The van der Waals surface area contributed by atoms with E-state index in [0.717, 1.165) is 19.6 Å². The molecule has 2 rings (SSSR count). The van der Waals surface area contributed by atoms with Gasteiger partial charge in [-0.05, 0) is 25.3 Å². The molecule has 1 saturated heterocycles. The number of thiophene rings is 1. The minimum atomic E-state index is 0.620. The van der Waals surface area contributed by atoms with Gasteiger partial charge in [-0.15, -0.1) is 11.3 Å². The molecule has 1 aliphatic rings. The lowest BCUT2D eigenvalue weighted by Crippen LogP contribution is -2.47. The monoisotopic (exact) mass is 267 g/mol. The van der Waals surface area contributed by atoms with Crippen LogP contribution in [-0.2, 0) is 6.54 Å². The molecule has 3 nitrogen and oxygen atoms in total. The summed E-state index contributed by atoms with van der Waals surface area (Å²) < 4.78 is 0. The van der Waals surface area contributed by atoms with Gasteiger partial charge in [0.15, 0.2) is 0 Å². The molecular weight excluding hydrogens is 242 g/mol. The zero-order valence-electron chi connectivity index (χ0n) is 11.6. The first-order valence-corrected chi connectivity index (χ1v) is 7.83. The highest BCUT2D eigenvalue weighted by Crippen LogP contribution is 2.13. The van der Waals surface area contributed by atoms with Crippen LogP contribution in [0.25, 0.3) is 0 Å². The molecule has 2 heterocycles. The van der Waals surface area contributed by atoms with Gasteiger partial charge in [-0.2, -0.15) is 0 Å². The smallest absolute Gasteiger partial charge is 0.0331 e. The molecule has 0 saturated carbocycles. The Morgan fingerprint density at radius 1 is 1.39 bits per heavy atom. The zero-order chi connectivity index (χ0) is 12.8. The standard InChI is InChI=1S/C14H25N3S/c1-13(2)17(12-14-4-3-11-18-14)10-9-16-7-5-15-6-8-16/h3-4,11,13,15H,5-10,12H2,1-2H3. The average molecular weight is 267 g/mol.